The van der Waals surface area contributed by atoms with Crippen LogP contribution in [0, 0.1) is 13.8 Å². The van der Waals surface area contributed by atoms with E-state index in [4.69, 9.17) is 10.5 Å². The van der Waals surface area contributed by atoms with E-state index in [1.165, 1.54) is 13.0 Å². The molecule has 2 unspecified atom stereocenters. The molecule has 0 radical (unpaired) electrons. The zero-order chi connectivity index (χ0) is 18.8. The number of amides is 1. The average Bonchev–Trinajstić information content (AvgIpc) is 3.13. The SMILES string of the molecule is CC(=O)C=C(N)OC1CCC(NC(=O)c2ccn3c(C)cc(C)nc23)C1. The van der Waals surface area contributed by atoms with E-state index < -0.39 is 0 Å². The highest BCUT2D eigenvalue weighted by Gasteiger charge is 2.28. The Balaban J connectivity index is 1.65. The van der Waals surface area contributed by atoms with Gasteiger partial charge in [0, 0.05) is 36.1 Å². The lowest BCUT2D eigenvalue weighted by Crippen LogP contribution is -2.33. The second kappa shape index (κ2) is 7.19. The summed E-state index contributed by atoms with van der Waals surface area (Å²) in [5.41, 5.74) is 8.84. The van der Waals surface area contributed by atoms with Crippen LogP contribution in [-0.2, 0) is 9.53 Å². The highest BCUT2D eigenvalue weighted by molar-refractivity contribution is 6.00. The van der Waals surface area contributed by atoms with E-state index in [0.717, 1.165) is 24.2 Å². The van der Waals surface area contributed by atoms with Gasteiger partial charge in [-0.2, -0.15) is 0 Å². The average molecular weight is 356 g/mol. The molecule has 2 atom stereocenters. The van der Waals surface area contributed by atoms with Crippen LogP contribution < -0.4 is 11.1 Å². The Morgan fingerprint density at radius 3 is 2.88 bits per heavy atom. The molecular weight excluding hydrogens is 332 g/mol. The van der Waals surface area contributed by atoms with Crippen molar-refractivity contribution in [2.75, 3.05) is 0 Å². The Morgan fingerprint density at radius 2 is 2.15 bits per heavy atom. The molecule has 0 bridgehead atoms. The third-order valence-electron chi connectivity index (χ3n) is 4.55. The van der Waals surface area contributed by atoms with Crippen LogP contribution in [0.3, 0.4) is 0 Å². The number of carbonyl (C=O) groups is 2. The number of nitrogens with two attached hydrogens (primary N) is 1. The molecule has 7 nitrogen and oxygen atoms in total. The first kappa shape index (κ1) is 18.0. The molecule has 7 heteroatoms. The second-order valence-corrected chi connectivity index (χ2v) is 6.84. The quantitative estimate of drug-likeness (QED) is 0.631. The Kier molecular flexibility index (Phi) is 4.97. The largest absolute Gasteiger partial charge is 0.476 e. The summed E-state index contributed by atoms with van der Waals surface area (Å²) in [7, 11) is 0. The van der Waals surface area contributed by atoms with Crippen LogP contribution >= 0.6 is 0 Å². The van der Waals surface area contributed by atoms with Crippen LogP contribution in [0.15, 0.2) is 30.3 Å². The number of carbonyl (C=O) groups excluding carboxylic acids is 2. The van der Waals surface area contributed by atoms with Crippen molar-refractivity contribution >= 4 is 17.3 Å². The van der Waals surface area contributed by atoms with Gasteiger partial charge in [-0.1, -0.05) is 0 Å². The molecule has 2 heterocycles. The van der Waals surface area contributed by atoms with Crippen LogP contribution in [0.5, 0.6) is 0 Å². The number of hydrogen-bond donors (Lipinski definition) is 2. The van der Waals surface area contributed by atoms with Crippen LogP contribution in [0.4, 0.5) is 0 Å². The Labute approximate surface area is 152 Å². The fourth-order valence-corrected chi connectivity index (χ4v) is 3.44. The maximum Gasteiger partial charge on any atom is 0.255 e. The zero-order valence-corrected chi connectivity index (χ0v) is 15.3. The lowest BCUT2D eigenvalue weighted by molar-refractivity contribution is -0.112. The number of aryl methyl sites for hydroxylation is 2. The summed E-state index contributed by atoms with van der Waals surface area (Å²) in [4.78, 5) is 28.2. The van der Waals surface area contributed by atoms with E-state index in [0.29, 0.717) is 17.6 Å². The van der Waals surface area contributed by atoms with Gasteiger partial charge in [0.05, 0.1) is 5.56 Å². The molecule has 3 rings (SSSR count). The number of ketones is 1. The fraction of sp³-hybridized carbons (Fsp3) is 0.421. The predicted molar refractivity (Wildman–Crippen MR) is 97.6 cm³/mol. The van der Waals surface area contributed by atoms with Crippen molar-refractivity contribution in [3.8, 4) is 0 Å². The van der Waals surface area contributed by atoms with Crippen LogP contribution in [0.2, 0.25) is 0 Å². The van der Waals surface area contributed by atoms with Crippen molar-refractivity contribution in [3.63, 3.8) is 0 Å². The molecule has 2 aromatic heterocycles. The number of ether oxygens (including phenoxy) is 1. The lowest BCUT2D eigenvalue weighted by atomic mass is 10.2. The van der Waals surface area contributed by atoms with E-state index >= 15 is 0 Å². The summed E-state index contributed by atoms with van der Waals surface area (Å²) < 4.78 is 7.49. The summed E-state index contributed by atoms with van der Waals surface area (Å²) in [6.07, 6.45) is 5.29. The summed E-state index contributed by atoms with van der Waals surface area (Å²) in [6, 6.07) is 3.78. The minimum absolute atomic E-state index is 0.0125. The third kappa shape index (κ3) is 3.87. The number of fused-ring (bicyclic) bond motifs is 1. The van der Waals surface area contributed by atoms with Gasteiger partial charge in [0.15, 0.2) is 11.7 Å². The Bertz CT molecular complexity index is 884. The highest BCUT2D eigenvalue weighted by Crippen LogP contribution is 2.24. The molecule has 3 N–H and O–H groups in total. The first-order valence-electron chi connectivity index (χ1n) is 8.74. The van der Waals surface area contributed by atoms with E-state index in [-0.39, 0.29) is 29.7 Å². The van der Waals surface area contributed by atoms with Crippen LogP contribution in [0.1, 0.15) is 47.9 Å². The van der Waals surface area contributed by atoms with Crippen molar-refractivity contribution in [1.29, 1.82) is 0 Å². The maximum absolute atomic E-state index is 12.7. The number of allylic oxidation sites excluding steroid dienone is 1. The van der Waals surface area contributed by atoms with Crippen LogP contribution in [0.25, 0.3) is 5.65 Å². The van der Waals surface area contributed by atoms with Crippen molar-refractivity contribution in [2.24, 2.45) is 5.73 Å². The van der Waals surface area contributed by atoms with E-state index in [1.807, 2.05) is 30.5 Å². The standard InChI is InChI=1S/C19H24N4O3/c1-11-8-12(2)23-7-6-16(18(23)21-11)19(25)22-14-4-5-15(10-14)26-17(20)9-13(3)24/h6-9,14-15H,4-5,10,20H2,1-3H3,(H,22,25). The van der Waals surface area contributed by atoms with Gasteiger partial charge >= 0.3 is 0 Å². The van der Waals surface area contributed by atoms with Gasteiger partial charge < -0.3 is 20.2 Å². The van der Waals surface area contributed by atoms with E-state index in [9.17, 15) is 9.59 Å². The monoisotopic (exact) mass is 356 g/mol. The highest BCUT2D eigenvalue weighted by atomic mass is 16.5. The Morgan fingerprint density at radius 1 is 1.38 bits per heavy atom. The van der Waals surface area contributed by atoms with E-state index in [2.05, 4.69) is 10.3 Å². The van der Waals surface area contributed by atoms with E-state index in [1.54, 1.807) is 6.07 Å². The molecule has 1 amide bonds. The molecule has 0 saturated heterocycles. The van der Waals surface area contributed by atoms with Gasteiger partial charge in [0.25, 0.3) is 5.91 Å². The minimum atomic E-state index is -0.149. The molecule has 138 valence electrons. The fourth-order valence-electron chi connectivity index (χ4n) is 3.44. The molecule has 1 aliphatic rings. The number of hydrogen-bond acceptors (Lipinski definition) is 5. The normalized spacial score (nSPS) is 20.3. The second-order valence-electron chi connectivity index (χ2n) is 6.84. The van der Waals surface area contributed by atoms with Gasteiger partial charge in [-0.15, -0.1) is 0 Å². The molecule has 0 aliphatic heterocycles. The topological polar surface area (TPSA) is 98.7 Å². The van der Waals surface area contributed by atoms with Gasteiger partial charge in [-0.3, -0.25) is 9.59 Å². The van der Waals surface area contributed by atoms with Gasteiger partial charge in [0.1, 0.15) is 11.8 Å². The molecule has 1 fully saturated rings. The van der Waals surface area contributed by atoms with Gasteiger partial charge in [0.2, 0.25) is 0 Å². The molecule has 2 aromatic rings. The molecule has 0 spiro atoms. The minimum Gasteiger partial charge on any atom is -0.476 e. The number of rotatable bonds is 5. The van der Waals surface area contributed by atoms with Gasteiger partial charge in [-0.25, -0.2) is 4.98 Å². The summed E-state index contributed by atoms with van der Waals surface area (Å²) >= 11 is 0. The summed E-state index contributed by atoms with van der Waals surface area (Å²) in [5.74, 6) is -0.157. The van der Waals surface area contributed by atoms with Crippen molar-refractivity contribution < 1.29 is 14.3 Å². The molecule has 0 aromatic carbocycles. The smallest absolute Gasteiger partial charge is 0.255 e. The molecular formula is C19H24N4O3. The molecule has 1 saturated carbocycles. The first-order chi connectivity index (χ1) is 12.3. The molecule has 26 heavy (non-hydrogen) atoms. The third-order valence-corrected chi connectivity index (χ3v) is 4.55. The van der Waals surface area contributed by atoms with Crippen molar-refractivity contribution in [1.82, 2.24) is 14.7 Å². The maximum atomic E-state index is 12.7. The lowest BCUT2D eigenvalue weighted by Gasteiger charge is -2.15. The number of nitrogens with one attached hydrogen (secondary N) is 1. The molecule has 1 aliphatic carbocycles. The first-order valence-corrected chi connectivity index (χ1v) is 8.74. The Hall–Kier alpha value is -2.83. The predicted octanol–water partition coefficient (Wildman–Crippen LogP) is 2.01. The van der Waals surface area contributed by atoms with Crippen LogP contribution in [-0.4, -0.2) is 33.2 Å². The summed E-state index contributed by atoms with van der Waals surface area (Å²) in [6.45, 7) is 5.33. The number of nitrogens with zero attached hydrogens (tertiary/aromatic N) is 2. The van der Waals surface area contributed by atoms with Crippen molar-refractivity contribution in [2.45, 2.75) is 52.2 Å². The van der Waals surface area contributed by atoms with Crippen molar-refractivity contribution in [3.05, 3.63) is 47.2 Å². The summed E-state index contributed by atoms with van der Waals surface area (Å²) in [5, 5.41) is 3.06. The number of aromatic nitrogens is 2. The van der Waals surface area contributed by atoms with Gasteiger partial charge in [-0.05, 0) is 45.7 Å². The zero-order valence-electron chi connectivity index (χ0n) is 15.3.